The molecule has 0 spiro atoms. The fourth-order valence-electron chi connectivity index (χ4n) is 2.06. The number of pyridine rings is 1. The van der Waals surface area contributed by atoms with Crippen LogP contribution in [0, 0.1) is 13.8 Å². The Hall–Kier alpha value is -1.19. The number of aryl methyl sites for hydroxylation is 2. The van der Waals surface area contributed by atoms with Crippen LogP contribution in [0.3, 0.4) is 0 Å². The van der Waals surface area contributed by atoms with Gasteiger partial charge in [-0.25, -0.2) is 0 Å². The molecular formula is C16H22N2S. The standard InChI is InChI=1S/C16H22N2S/c1-4-9-17-15(16-8-6-13(3)19-16)10-14-7-5-12(2)11-18-14/h5-8,11,15,17H,4,9-10H2,1-3H3. The molecule has 3 heteroatoms. The third kappa shape index (κ3) is 4.15. The van der Waals surface area contributed by atoms with Gasteiger partial charge in [-0.1, -0.05) is 13.0 Å². The fraction of sp³-hybridized carbons (Fsp3) is 0.438. The Bertz CT molecular complexity index is 502. The SMILES string of the molecule is CCCNC(Cc1ccc(C)cn1)c1ccc(C)s1. The van der Waals surface area contributed by atoms with Gasteiger partial charge >= 0.3 is 0 Å². The van der Waals surface area contributed by atoms with Crippen LogP contribution in [-0.4, -0.2) is 11.5 Å². The van der Waals surface area contributed by atoms with E-state index in [1.807, 2.05) is 17.5 Å². The molecule has 0 aliphatic rings. The van der Waals surface area contributed by atoms with E-state index in [-0.39, 0.29) is 0 Å². The van der Waals surface area contributed by atoms with E-state index in [0.717, 1.165) is 25.1 Å². The van der Waals surface area contributed by atoms with Gasteiger partial charge in [-0.3, -0.25) is 4.98 Å². The summed E-state index contributed by atoms with van der Waals surface area (Å²) in [5.74, 6) is 0. The Kier molecular flexibility index (Phi) is 5.11. The summed E-state index contributed by atoms with van der Waals surface area (Å²) in [4.78, 5) is 7.30. The van der Waals surface area contributed by atoms with Crippen LogP contribution < -0.4 is 5.32 Å². The van der Waals surface area contributed by atoms with Crippen molar-refractivity contribution in [2.24, 2.45) is 0 Å². The van der Waals surface area contributed by atoms with E-state index in [1.165, 1.54) is 15.3 Å². The Labute approximate surface area is 119 Å². The summed E-state index contributed by atoms with van der Waals surface area (Å²) in [5.41, 5.74) is 2.37. The van der Waals surface area contributed by atoms with Gasteiger partial charge in [0.05, 0.1) is 0 Å². The molecule has 0 amide bonds. The second-order valence-corrected chi connectivity index (χ2v) is 6.31. The lowest BCUT2D eigenvalue weighted by Crippen LogP contribution is -2.23. The second-order valence-electron chi connectivity index (χ2n) is 4.99. The molecule has 102 valence electrons. The topological polar surface area (TPSA) is 24.9 Å². The number of nitrogens with zero attached hydrogens (tertiary/aromatic N) is 1. The number of thiophene rings is 1. The van der Waals surface area contributed by atoms with Crippen LogP contribution in [0.4, 0.5) is 0 Å². The molecule has 0 fully saturated rings. The van der Waals surface area contributed by atoms with Crippen LogP contribution in [0.5, 0.6) is 0 Å². The molecule has 1 unspecified atom stereocenters. The lowest BCUT2D eigenvalue weighted by Gasteiger charge is -2.17. The Morgan fingerprint density at radius 3 is 2.63 bits per heavy atom. The van der Waals surface area contributed by atoms with Gasteiger partial charge in [-0.15, -0.1) is 11.3 Å². The molecule has 0 saturated carbocycles. The van der Waals surface area contributed by atoms with Gasteiger partial charge in [0.1, 0.15) is 0 Å². The van der Waals surface area contributed by atoms with Gasteiger partial charge < -0.3 is 5.32 Å². The number of hydrogen-bond donors (Lipinski definition) is 1. The highest BCUT2D eigenvalue weighted by molar-refractivity contribution is 7.12. The van der Waals surface area contributed by atoms with Crippen molar-refractivity contribution in [2.45, 2.75) is 39.7 Å². The van der Waals surface area contributed by atoms with Crippen LogP contribution in [0.15, 0.2) is 30.5 Å². The van der Waals surface area contributed by atoms with E-state index < -0.39 is 0 Å². The summed E-state index contributed by atoms with van der Waals surface area (Å²) in [6.07, 6.45) is 4.06. The first-order chi connectivity index (χ1) is 9.19. The monoisotopic (exact) mass is 274 g/mol. The van der Waals surface area contributed by atoms with Crippen molar-refractivity contribution < 1.29 is 0 Å². The van der Waals surface area contributed by atoms with Crippen LogP contribution in [0.2, 0.25) is 0 Å². The molecular weight excluding hydrogens is 252 g/mol. The first-order valence-electron chi connectivity index (χ1n) is 6.90. The van der Waals surface area contributed by atoms with Gasteiger partial charge in [0.25, 0.3) is 0 Å². The zero-order chi connectivity index (χ0) is 13.7. The number of hydrogen-bond acceptors (Lipinski definition) is 3. The van der Waals surface area contributed by atoms with E-state index >= 15 is 0 Å². The van der Waals surface area contributed by atoms with Crippen LogP contribution in [-0.2, 0) is 6.42 Å². The molecule has 1 atom stereocenters. The minimum atomic E-state index is 0.383. The summed E-state index contributed by atoms with van der Waals surface area (Å²) >= 11 is 1.88. The Morgan fingerprint density at radius 2 is 2.05 bits per heavy atom. The molecule has 2 aromatic rings. The molecule has 2 nitrogen and oxygen atoms in total. The fourth-order valence-corrected chi connectivity index (χ4v) is 3.01. The lowest BCUT2D eigenvalue weighted by molar-refractivity contribution is 0.531. The third-order valence-corrected chi connectivity index (χ3v) is 4.25. The molecule has 0 saturated heterocycles. The predicted molar refractivity (Wildman–Crippen MR) is 82.8 cm³/mol. The minimum absolute atomic E-state index is 0.383. The Balaban J connectivity index is 2.11. The second kappa shape index (κ2) is 6.83. The lowest BCUT2D eigenvalue weighted by atomic mass is 10.1. The number of nitrogens with one attached hydrogen (secondary N) is 1. The summed E-state index contributed by atoms with van der Waals surface area (Å²) in [7, 11) is 0. The van der Waals surface area contributed by atoms with Gasteiger partial charge in [0.2, 0.25) is 0 Å². The maximum Gasteiger partial charge on any atom is 0.0470 e. The predicted octanol–water partition coefficient (Wildman–Crippen LogP) is 4.04. The van der Waals surface area contributed by atoms with Crippen LogP contribution in [0.1, 0.15) is 40.4 Å². The van der Waals surface area contributed by atoms with Crippen molar-refractivity contribution in [1.29, 1.82) is 0 Å². The first-order valence-corrected chi connectivity index (χ1v) is 7.72. The molecule has 0 bridgehead atoms. The summed E-state index contributed by atoms with van der Waals surface area (Å²) in [6.45, 7) is 7.49. The summed E-state index contributed by atoms with van der Waals surface area (Å²) in [6, 6.07) is 9.09. The van der Waals surface area contributed by atoms with Gasteiger partial charge in [0.15, 0.2) is 0 Å². The minimum Gasteiger partial charge on any atom is -0.309 e. The van der Waals surface area contributed by atoms with Gasteiger partial charge in [-0.2, -0.15) is 0 Å². The summed E-state index contributed by atoms with van der Waals surface area (Å²) < 4.78 is 0. The van der Waals surface area contributed by atoms with E-state index in [9.17, 15) is 0 Å². The molecule has 0 aliphatic heterocycles. The average Bonchev–Trinajstić information content (AvgIpc) is 2.83. The first kappa shape index (κ1) is 14.2. The highest BCUT2D eigenvalue weighted by Gasteiger charge is 2.14. The van der Waals surface area contributed by atoms with Crippen LogP contribution >= 0.6 is 11.3 Å². The third-order valence-electron chi connectivity index (χ3n) is 3.13. The van der Waals surface area contributed by atoms with E-state index in [4.69, 9.17) is 0 Å². The number of aromatic nitrogens is 1. The van der Waals surface area contributed by atoms with Crippen molar-refractivity contribution >= 4 is 11.3 Å². The zero-order valence-corrected chi connectivity index (χ0v) is 12.8. The van der Waals surface area contributed by atoms with Gasteiger partial charge in [0, 0.05) is 34.1 Å². The average molecular weight is 274 g/mol. The normalized spacial score (nSPS) is 12.6. The van der Waals surface area contributed by atoms with Crippen molar-refractivity contribution in [2.75, 3.05) is 6.54 Å². The molecule has 0 aliphatic carbocycles. The van der Waals surface area contributed by atoms with E-state index in [1.54, 1.807) is 0 Å². The maximum absolute atomic E-state index is 4.52. The van der Waals surface area contributed by atoms with Crippen molar-refractivity contribution in [1.82, 2.24) is 10.3 Å². The Morgan fingerprint density at radius 1 is 1.21 bits per heavy atom. The van der Waals surface area contributed by atoms with Crippen molar-refractivity contribution in [3.05, 3.63) is 51.5 Å². The van der Waals surface area contributed by atoms with Gasteiger partial charge in [-0.05, 0) is 50.6 Å². The van der Waals surface area contributed by atoms with Crippen molar-refractivity contribution in [3.8, 4) is 0 Å². The molecule has 2 aromatic heterocycles. The molecule has 19 heavy (non-hydrogen) atoms. The highest BCUT2D eigenvalue weighted by Crippen LogP contribution is 2.25. The smallest absolute Gasteiger partial charge is 0.0470 e. The quantitative estimate of drug-likeness (QED) is 0.860. The molecule has 0 aromatic carbocycles. The van der Waals surface area contributed by atoms with E-state index in [2.05, 4.69) is 55.3 Å². The van der Waals surface area contributed by atoms with Crippen molar-refractivity contribution in [3.63, 3.8) is 0 Å². The zero-order valence-electron chi connectivity index (χ0n) is 11.9. The molecule has 2 rings (SSSR count). The molecule has 1 N–H and O–H groups in total. The number of rotatable bonds is 6. The molecule has 2 heterocycles. The largest absolute Gasteiger partial charge is 0.309 e. The highest BCUT2D eigenvalue weighted by atomic mass is 32.1. The summed E-state index contributed by atoms with van der Waals surface area (Å²) in [5, 5.41) is 3.63. The molecule has 0 radical (unpaired) electrons. The maximum atomic E-state index is 4.52. The van der Waals surface area contributed by atoms with Crippen LogP contribution in [0.25, 0.3) is 0 Å². The van der Waals surface area contributed by atoms with E-state index in [0.29, 0.717) is 6.04 Å².